The smallest absolute Gasteiger partial charge is 0.311 e. The average Bonchev–Trinajstić information content (AvgIpc) is 3.13. The van der Waals surface area contributed by atoms with Crippen molar-refractivity contribution in [3.63, 3.8) is 0 Å². The number of hydrogen-bond donors (Lipinski definition) is 0. The number of ether oxygens (including phenoxy) is 3. The molecule has 7 heteroatoms. The normalized spacial score (nSPS) is 25.3. The lowest BCUT2D eigenvalue weighted by Crippen LogP contribution is -2.43. The van der Waals surface area contributed by atoms with E-state index in [0.29, 0.717) is 12.2 Å². The number of morpholine rings is 1. The Balaban J connectivity index is 1.20. The zero-order valence-corrected chi connectivity index (χ0v) is 31.1. The molecule has 2 unspecified atom stereocenters. The molecule has 0 aromatic heterocycles. The van der Waals surface area contributed by atoms with Crippen LogP contribution in [0.2, 0.25) is 0 Å². The zero-order chi connectivity index (χ0) is 35.4. The third kappa shape index (κ3) is 8.21. The van der Waals surface area contributed by atoms with Gasteiger partial charge in [-0.25, -0.2) is 4.39 Å². The van der Waals surface area contributed by atoms with Crippen LogP contribution in [-0.4, -0.2) is 73.9 Å². The highest BCUT2D eigenvalue weighted by Gasteiger charge is 2.42. The summed E-state index contributed by atoms with van der Waals surface area (Å²) >= 11 is 0. The molecule has 2 aliphatic carbocycles. The van der Waals surface area contributed by atoms with Crippen LogP contribution in [0.3, 0.4) is 0 Å². The second kappa shape index (κ2) is 15.8. The molecular formula is C44H57FN2O4. The number of allylic oxidation sites excluding steroid dienone is 4. The summed E-state index contributed by atoms with van der Waals surface area (Å²) in [7, 11) is 0. The first-order chi connectivity index (χ1) is 24.7. The Morgan fingerprint density at radius 2 is 1.73 bits per heavy atom. The highest BCUT2D eigenvalue weighted by atomic mass is 19.1. The number of unbranched alkanes of at least 4 members (excludes halogenated alkanes) is 1. The van der Waals surface area contributed by atoms with Gasteiger partial charge in [-0.15, -0.1) is 0 Å². The second-order valence-electron chi connectivity index (χ2n) is 16.2. The van der Waals surface area contributed by atoms with E-state index in [1.165, 1.54) is 61.8 Å². The summed E-state index contributed by atoms with van der Waals surface area (Å²) in [4.78, 5) is 18.7. The van der Waals surface area contributed by atoms with Crippen molar-refractivity contribution >= 4 is 11.5 Å². The van der Waals surface area contributed by atoms with Crippen molar-refractivity contribution in [2.75, 3.05) is 52.5 Å². The molecular weight excluding hydrogens is 639 g/mol. The van der Waals surface area contributed by atoms with E-state index in [1.807, 2.05) is 12.1 Å². The molecule has 2 aromatic carbocycles. The molecule has 6 nitrogen and oxygen atoms in total. The van der Waals surface area contributed by atoms with Crippen LogP contribution in [0.25, 0.3) is 5.57 Å². The lowest BCUT2D eigenvalue weighted by atomic mass is 9.66. The van der Waals surface area contributed by atoms with Gasteiger partial charge >= 0.3 is 5.97 Å². The van der Waals surface area contributed by atoms with E-state index in [0.717, 1.165) is 100 Å². The van der Waals surface area contributed by atoms with Gasteiger partial charge in [-0.2, -0.15) is 0 Å². The van der Waals surface area contributed by atoms with Crippen LogP contribution >= 0.6 is 0 Å². The molecule has 1 saturated heterocycles. The summed E-state index contributed by atoms with van der Waals surface area (Å²) in [5.41, 5.74) is 4.60. The standard InChI is InChI=1S/C44H57FN2O4/c1-43(2)38-20-24-47(23-19-32-11-5-4-6-12-32)31-36(38)42-39(50-41(48)14-8-10-22-46-25-27-49-28-26-46)29-34(30-40(42)51-43)44(3)21-9-7-13-37(44)33-15-17-35(45)18-16-33/h7,9,13,15-18,21,29-30,32,37H,4-6,8,10-12,14,19-20,22-28,31H2,1-3H3. The Bertz CT molecular complexity index is 1630. The quantitative estimate of drug-likeness (QED) is 0.133. The maximum absolute atomic E-state index is 14.0. The summed E-state index contributed by atoms with van der Waals surface area (Å²) in [5, 5.41) is 0. The summed E-state index contributed by atoms with van der Waals surface area (Å²) < 4.78 is 32.9. The monoisotopic (exact) mass is 696 g/mol. The number of rotatable bonds is 11. The van der Waals surface area contributed by atoms with Crippen molar-refractivity contribution in [2.24, 2.45) is 5.92 Å². The lowest BCUT2D eigenvalue weighted by molar-refractivity contribution is -0.134. The highest BCUT2D eigenvalue weighted by Crippen LogP contribution is 2.52. The predicted octanol–water partition coefficient (Wildman–Crippen LogP) is 9.00. The number of fused-ring (bicyclic) bond motifs is 2. The van der Waals surface area contributed by atoms with E-state index in [2.05, 4.69) is 67.0 Å². The van der Waals surface area contributed by atoms with Crippen molar-refractivity contribution in [1.29, 1.82) is 0 Å². The van der Waals surface area contributed by atoms with E-state index >= 15 is 0 Å². The molecule has 274 valence electrons. The fourth-order valence-electron chi connectivity index (χ4n) is 9.18. The number of halogens is 1. The van der Waals surface area contributed by atoms with Gasteiger partial charge in [0.1, 0.15) is 22.9 Å². The molecule has 0 spiro atoms. The molecule has 2 atom stereocenters. The summed E-state index contributed by atoms with van der Waals surface area (Å²) in [6, 6.07) is 11.1. The van der Waals surface area contributed by atoms with Crippen LogP contribution in [0.1, 0.15) is 108 Å². The third-order valence-corrected chi connectivity index (χ3v) is 12.2. The molecule has 0 N–H and O–H groups in total. The summed E-state index contributed by atoms with van der Waals surface area (Å²) in [5.74, 6) is 1.72. The molecule has 3 aliphatic heterocycles. The molecule has 2 fully saturated rings. The molecule has 7 rings (SSSR count). The Labute approximate surface area is 304 Å². The maximum atomic E-state index is 14.0. The summed E-state index contributed by atoms with van der Waals surface area (Å²) in [6.07, 6.45) is 19.7. The van der Waals surface area contributed by atoms with Gasteiger partial charge in [0.05, 0.1) is 18.8 Å². The van der Waals surface area contributed by atoms with Crippen LogP contribution < -0.4 is 9.47 Å². The fourth-order valence-corrected chi connectivity index (χ4v) is 9.18. The van der Waals surface area contributed by atoms with Crippen molar-refractivity contribution in [2.45, 2.75) is 102 Å². The van der Waals surface area contributed by atoms with Gasteiger partial charge in [-0.1, -0.05) is 75.5 Å². The minimum absolute atomic E-state index is 0.0405. The number of carbonyl (C=O) groups is 1. The minimum atomic E-state index is -0.484. The SMILES string of the molecule is CC1(C)Oc2cc(C3(C)C=CC=CC3c3ccc(F)cc3)cc(OC(=O)CCCCN3CCOCC3)c2C2=C1CCN(CCC1CCCCC1)C2. The van der Waals surface area contributed by atoms with E-state index in [9.17, 15) is 9.18 Å². The summed E-state index contributed by atoms with van der Waals surface area (Å²) in [6.45, 7) is 14.0. The second-order valence-corrected chi connectivity index (χ2v) is 16.2. The third-order valence-electron chi connectivity index (χ3n) is 12.2. The van der Waals surface area contributed by atoms with E-state index < -0.39 is 11.0 Å². The molecule has 1 saturated carbocycles. The van der Waals surface area contributed by atoms with Gasteiger partial charge in [0.2, 0.25) is 0 Å². The topological polar surface area (TPSA) is 51.2 Å². The van der Waals surface area contributed by atoms with Crippen LogP contribution in [0.5, 0.6) is 11.5 Å². The lowest BCUT2D eigenvalue weighted by Gasteiger charge is -2.44. The van der Waals surface area contributed by atoms with Crippen LogP contribution in [0.15, 0.2) is 66.3 Å². The molecule has 51 heavy (non-hydrogen) atoms. The van der Waals surface area contributed by atoms with Gasteiger partial charge in [0.25, 0.3) is 0 Å². The Morgan fingerprint density at radius 3 is 2.51 bits per heavy atom. The molecule has 3 heterocycles. The van der Waals surface area contributed by atoms with E-state index in [4.69, 9.17) is 14.2 Å². The first-order valence-electron chi connectivity index (χ1n) is 19.6. The van der Waals surface area contributed by atoms with Gasteiger partial charge in [-0.3, -0.25) is 14.6 Å². The largest absolute Gasteiger partial charge is 0.483 e. The van der Waals surface area contributed by atoms with Crippen LogP contribution in [0, 0.1) is 11.7 Å². The first kappa shape index (κ1) is 36.1. The predicted molar refractivity (Wildman–Crippen MR) is 202 cm³/mol. The fraction of sp³-hybridized carbons (Fsp3) is 0.568. The van der Waals surface area contributed by atoms with Crippen molar-refractivity contribution in [3.8, 4) is 11.5 Å². The minimum Gasteiger partial charge on any atom is -0.483 e. The first-order valence-corrected chi connectivity index (χ1v) is 19.6. The maximum Gasteiger partial charge on any atom is 0.311 e. The number of benzene rings is 2. The molecule has 0 amide bonds. The number of nitrogens with zero attached hydrogens (tertiary/aromatic N) is 2. The average molecular weight is 697 g/mol. The van der Waals surface area contributed by atoms with Crippen molar-refractivity contribution in [1.82, 2.24) is 9.80 Å². The Kier molecular flexibility index (Phi) is 11.2. The van der Waals surface area contributed by atoms with Gasteiger partial charge in [0.15, 0.2) is 0 Å². The zero-order valence-electron chi connectivity index (χ0n) is 31.1. The Morgan fingerprint density at radius 1 is 0.941 bits per heavy atom. The van der Waals surface area contributed by atoms with E-state index in [1.54, 1.807) is 0 Å². The van der Waals surface area contributed by atoms with Crippen molar-refractivity contribution < 1.29 is 23.4 Å². The van der Waals surface area contributed by atoms with Crippen LogP contribution in [0.4, 0.5) is 4.39 Å². The van der Waals surface area contributed by atoms with Crippen LogP contribution in [-0.2, 0) is 14.9 Å². The molecule has 0 radical (unpaired) electrons. The highest BCUT2D eigenvalue weighted by molar-refractivity contribution is 5.85. The molecule has 5 aliphatic rings. The van der Waals surface area contributed by atoms with Gasteiger partial charge < -0.3 is 14.2 Å². The van der Waals surface area contributed by atoms with Gasteiger partial charge in [-0.05, 0) is 105 Å². The number of esters is 1. The van der Waals surface area contributed by atoms with Crippen molar-refractivity contribution in [3.05, 3.63) is 88.8 Å². The van der Waals surface area contributed by atoms with E-state index in [-0.39, 0.29) is 17.7 Å². The number of carbonyl (C=O) groups excluding carboxylic acids is 1. The Hall–Kier alpha value is -3.26. The van der Waals surface area contributed by atoms with Gasteiger partial charge in [0, 0.05) is 43.9 Å². The molecule has 2 aromatic rings. The molecule has 0 bridgehead atoms. The number of hydrogen-bond acceptors (Lipinski definition) is 6.